The second-order valence-electron chi connectivity index (χ2n) is 2.62. The third-order valence-corrected chi connectivity index (χ3v) is 1.68. The number of hydrogen-bond acceptors (Lipinski definition) is 2. The summed E-state index contributed by atoms with van der Waals surface area (Å²) in [4.78, 5) is 0. The number of phenolic OH excluding ortho intramolecular Hbond substituents is 1. The smallest absolute Gasteiger partial charge is 0.130 e. The van der Waals surface area contributed by atoms with Crippen molar-refractivity contribution in [3.05, 3.63) is 36.1 Å². The summed E-state index contributed by atoms with van der Waals surface area (Å²) in [5.74, 6) is 1.64. The van der Waals surface area contributed by atoms with E-state index in [2.05, 4.69) is 6.07 Å². The van der Waals surface area contributed by atoms with Crippen LogP contribution < -0.4 is 4.74 Å². The van der Waals surface area contributed by atoms with Gasteiger partial charge in [0.05, 0.1) is 5.76 Å². The van der Waals surface area contributed by atoms with Crippen molar-refractivity contribution >= 4 is 0 Å². The van der Waals surface area contributed by atoms with Crippen LogP contribution in [0, 0.1) is 6.07 Å². The van der Waals surface area contributed by atoms with Crippen LogP contribution in [-0.2, 0) is 0 Å². The zero-order chi connectivity index (χ0) is 9.68. The maximum atomic E-state index is 9.12. The fourth-order valence-corrected chi connectivity index (χ4v) is 0.984. The summed E-state index contributed by atoms with van der Waals surface area (Å²) in [6.45, 7) is 3.94. The lowest BCUT2D eigenvalue weighted by Gasteiger charge is -2.07. The second-order valence-corrected chi connectivity index (χ2v) is 2.62. The molecule has 69 valence electrons. The molecule has 0 aromatic heterocycles. The van der Waals surface area contributed by atoms with E-state index in [0.29, 0.717) is 5.75 Å². The van der Waals surface area contributed by atoms with Crippen LogP contribution in [0.3, 0.4) is 0 Å². The monoisotopic (exact) mass is 177 g/mol. The van der Waals surface area contributed by atoms with Crippen LogP contribution in [0.25, 0.3) is 0 Å². The van der Waals surface area contributed by atoms with Crippen molar-refractivity contribution in [2.75, 3.05) is 0 Å². The van der Waals surface area contributed by atoms with Crippen LogP contribution in [0.2, 0.25) is 0 Å². The molecule has 2 nitrogen and oxygen atoms in total. The van der Waals surface area contributed by atoms with Crippen LogP contribution in [0.5, 0.6) is 11.5 Å². The summed E-state index contributed by atoms with van der Waals surface area (Å²) in [6.07, 6.45) is 2.75. The molecule has 0 saturated carbocycles. The first-order valence-corrected chi connectivity index (χ1v) is 4.30. The highest BCUT2D eigenvalue weighted by molar-refractivity contribution is 5.31. The SMILES string of the molecule is CC=C(CC)Oc1cc[c]c(O)c1. The van der Waals surface area contributed by atoms with Gasteiger partial charge in [-0.05, 0) is 25.1 Å². The highest BCUT2D eigenvalue weighted by Crippen LogP contribution is 2.20. The molecular weight excluding hydrogens is 164 g/mol. The number of aromatic hydroxyl groups is 1. The molecule has 0 atom stereocenters. The van der Waals surface area contributed by atoms with Gasteiger partial charge in [0, 0.05) is 18.6 Å². The molecule has 0 fully saturated rings. The van der Waals surface area contributed by atoms with E-state index in [4.69, 9.17) is 9.84 Å². The van der Waals surface area contributed by atoms with Crippen LogP contribution >= 0.6 is 0 Å². The molecule has 0 spiro atoms. The van der Waals surface area contributed by atoms with Crippen molar-refractivity contribution in [1.82, 2.24) is 0 Å². The van der Waals surface area contributed by atoms with Gasteiger partial charge in [0.15, 0.2) is 0 Å². The first-order chi connectivity index (χ1) is 6.26. The van der Waals surface area contributed by atoms with Gasteiger partial charge in [0.1, 0.15) is 11.5 Å². The summed E-state index contributed by atoms with van der Waals surface area (Å²) in [7, 11) is 0. The first-order valence-electron chi connectivity index (χ1n) is 4.30. The van der Waals surface area contributed by atoms with Crippen molar-refractivity contribution in [2.24, 2.45) is 0 Å². The first kappa shape index (κ1) is 9.65. The molecule has 1 N–H and O–H groups in total. The van der Waals surface area contributed by atoms with E-state index in [0.717, 1.165) is 12.2 Å². The van der Waals surface area contributed by atoms with Gasteiger partial charge in [-0.2, -0.15) is 0 Å². The molecule has 0 bridgehead atoms. The van der Waals surface area contributed by atoms with Gasteiger partial charge in [-0.15, -0.1) is 0 Å². The maximum Gasteiger partial charge on any atom is 0.130 e. The molecule has 0 saturated heterocycles. The zero-order valence-electron chi connectivity index (χ0n) is 7.87. The Balaban J connectivity index is 2.74. The van der Waals surface area contributed by atoms with E-state index in [1.54, 1.807) is 18.2 Å². The normalized spacial score (nSPS) is 11.4. The van der Waals surface area contributed by atoms with E-state index >= 15 is 0 Å². The molecule has 0 unspecified atom stereocenters. The predicted octanol–water partition coefficient (Wildman–Crippen LogP) is 2.88. The molecule has 1 radical (unpaired) electrons. The summed E-state index contributed by atoms with van der Waals surface area (Å²) >= 11 is 0. The van der Waals surface area contributed by atoms with Crippen molar-refractivity contribution in [1.29, 1.82) is 0 Å². The lowest BCUT2D eigenvalue weighted by molar-refractivity contribution is 0.402. The van der Waals surface area contributed by atoms with Gasteiger partial charge in [-0.1, -0.05) is 6.92 Å². The summed E-state index contributed by atoms with van der Waals surface area (Å²) in [5, 5.41) is 9.12. The van der Waals surface area contributed by atoms with Crippen LogP contribution in [0.15, 0.2) is 30.0 Å². The minimum absolute atomic E-state index is 0.101. The van der Waals surface area contributed by atoms with Gasteiger partial charge in [-0.25, -0.2) is 0 Å². The molecule has 0 aliphatic heterocycles. The standard InChI is InChI=1S/C11H13O2/c1-3-10(4-2)13-11-7-5-6-9(12)8-11/h3,5,7-8,12H,4H2,1-2H3. The van der Waals surface area contributed by atoms with E-state index in [1.165, 1.54) is 0 Å². The van der Waals surface area contributed by atoms with E-state index < -0.39 is 0 Å². The van der Waals surface area contributed by atoms with Crippen molar-refractivity contribution in [3.63, 3.8) is 0 Å². The minimum Gasteiger partial charge on any atom is -0.507 e. The van der Waals surface area contributed by atoms with E-state index in [1.807, 2.05) is 19.9 Å². The largest absolute Gasteiger partial charge is 0.507 e. The molecule has 1 aromatic rings. The molecule has 13 heavy (non-hydrogen) atoms. The fourth-order valence-electron chi connectivity index (χ4n) is 0.984. The third kappa shape index (κ3) is 2.82. The summed E-state index contributed by atoms with van der Waals surface area (Å²) < 4.78 is 5.47. The average molecular weight is 177 g/mol. The highest BCUT2D eigenvalue weighted by atomic mass is 16.5. The van der Waals surface area contributed by atoms with Crippen LogP contribution in [0.4, 0.5) is 0 Å². The average Bonchev–Trinajstić information content (AvgIpc) is 2.14. The number of allylic oxidation sites excluding steroid dienone is 2. The number of phenols is 1. The molecular formula is C11H13O2. The van der Waals surface area contributed by atoms with Gasteiger partial charge in [0.2, 0.25) is 0 Å². The van der Waals surface area contributed by atoms with E-state index in [-0.39, 0.29) is 5.75 Å². The van der Waals surface area contributed by atoms with Crippen LogP contribution in [-0.4, -0.2) is 5.11 Å². The number of benzene rings is 1. The van der Waals surface area contributed by atoms with E-state index in [9.17, 15) is 0 Å². The Labute approximate surface area is 78.5 Å². The lowest BCUT2D eigenvalue weighted by Crippen LogP contribution is -1.92. The van der Waals surface area contributed by atoms with Crippen molar-refractivity contribution in [3.8, 4) is 11.5 Å². The molecule has 2 heteroatoms. The fraction of sp³-hybridized carbons (Fsp3) is 0.273. The quantitative estimate of drug-likeness (QED) is 0.719. The Morgan fingerprint density at radius 2 is 2.46 bits per heavy atom. The Kier molecular flexibility index (Phi) is 3.38. The second kappa shape index (κ2) is 4.55. The van der Waals surface area contributed by atoms with Gasteiger partial charge < -0.3 is 9.84 Å². The van der Waals surface area contributed by atoms with Crippen molar-refractivity contribution < 1.29 is 9.84 Å². The van der Waals surface area contributed by atoms with Gasteiger partial charge in [0.25, 0.3) is 0 Å². The Bertz CT molecular complexity index is 303. The maximum absolute atomic E-state index is 9.12. The number of ether oxygens (including phenoxy) is 1. The Hall–Kier alpha value is -1.44. The van der Waals surface area contributed by atoms with Gasteiger partial charge in [-0.3, -0.25) is 0 Å². The summed E-state index contributed by atoms with van der Waals surface area (Å²) in [5.41, 5.74) is 0. The highest BCUT2D eigenvalue weighted by Gasteiger charge is 1.97. The topological polar surface area (TPSA) is 29.5 Å². The molecule has 0 aliphatic carbocycles. The molecule has 0 heterocycles. The number of rotatable bonds is 3. The molecule has 0 aliphatic rings. The summed E-state index contributed by atoms with van der Waals surface area (Å²) in [6, 6.07) is 7.57. The Morgan fingerprint density at radius 3 is 3.00 bits per heavy atom. The van der Waals surface area contributed by atoms with Crippen molar-refractivity contribution in [2.45, 2.75) is 20.3 Å². The molecule has 1 rings (SSSR count). The zero-order valence-corrected chi connectivity index (χ0v) is 7.87. The lowest BCUT2D eigenvalue weighted by atomic mass is 10.3. The predicted molar refractivity (Wildman–Crippen MR) is 51.6 cm³/mol. The molecule has 1 aromatic carbocycles. The minimum atomic E-state index is 0.101. The van der Waals surface area contributed by atoms with Crippen LogP contribution in [0.1, 0.15) is 20.3 Å². The third-order valence-electron chi connectivity index (χ3n) is 1.68. The Morgan fingerprint density at radius 1 is 1.69 bits per heavy atom. The van der Waals surface area contributed by atoms with Gasteiger partial charge >= 0.3 is 0 Å². The molecule has 0 amide bonds. The number of hydrogen-bond donors (Lipinski definition) is 1.